The number of carbonyl (C=O) groups excluding carboxylic acids is 1. The molecule has 5 heteroatoms. The molecule has 98 valence electrons. The third kappa shape index (κ3) is 2.79. The van der Waals surface area contributed by atoms with E-state index < -0.39 is 0 Å². The quantitative estimate of drug-likeness (QED) is 0.928. The number of benzene rings is 1. The summed E-state index contributed by atoms with van der Waals surface area (Å²) in [6.07, 6.45) is 2.25. The van der Waals surface area contributed by atoms with Crippen molar-refractivity contribution in [2.24, 2.45) is 5.73 Å². The highest BCUT2D eigenvalue weighted by atomic mass is 35.5. The van der Waals surface area contributed by atoms with Crippen LogP contribution in [-0.2, 0) is 11.2 Å². The molecule has 1 aromatic carbocycles. The Hall–Kier alpha value is -0.770. The number of hydrogen-bond donors (Lipinski definition) is 1. The maximum Gasteiger partial charge on any atom is 0.227 e. The van der Waals surface area contributed by atoms with Crippen LogP contribution in [-0.4, -0.2) is 29.9 Å². The molecular weight excluding hydrogens is 271 g/mol. The number of halogens is 2. The summed E-state index contributed by atoms with van der Waals surface area (Å²) in [6, 6.07) is 5.44. The van der Waals surface area contributed by atoms with Crippen molar-refractivity contribution in [2.45, 2.75) is 25.3 Å². The smallest absolute Gasteiger partial charge is 0.227 e. The Morgan fingerprint density at radius 2 is 2.06 bits per heavy atom. The van der Waals surface area contributed by atoms with Crippen LogP contribution in [0.1, 0.15) is 18.4 Å². The molecule has 1 aromatic rings. The Kier molecular flexibility index (Phi) is 4.49. The molecule has 1 heterocycles. The Bertz CT molecular complexity index is 430. The van der Waals surface area contributed by atoms with Crippen LogP contribution in [0.25, 0.3) is 0 Å². The van der Waals surface area contributed by atoms with Crippen molar-refractivity contribution in [1.82, 2.24) is 4.90 Å². The summed E-state index contributed by atoms with van der Waals surface area (Å²) in [5.41, 5.74) is 6.37. The van der Waals surface area contributed by atoms with Crippen molar-refractivity contribution >= 4 is 29.1 Å². The lowest BCUT2D eigenvalue weighted by molar-refractivity contribution is -0.131. The Labute approximate surface area is 117 Å². The van der Waals surface area contributed by atoms with Crippen LogP contribution in [0.5, 0.6) is 0 Å². The SMILES string of the molecule is NCC1CCCN1C(=O)Cc1c(Cl)cccc1Cl. The maximum atomic E-state index is 12.2. The van der Waals surface area contributed by atoms with Crippen LogP contribution in [0.3, 0.4) is 0 Å². The van der Waals surface area contributed by atoms with Gasteiger partial charge in [-0.15, -0.1) is 0 Å². The highest BCUT2D eigenvalue weighted by Gasteiger charge is 2.28. The second kappa shape index (κ2) is 5.91. The number of nitrogens with two attached hydrogens (primary N) is 1. The standard InChI is InChI=1S/C13H16Cl2N2O/c14-11-4-1-5-12(15)10(11)7-13(18)17-6-2-3-9(17)8-16/h1,4-5,9H,2-3,6-8,16H2. The van der Waals surface area contributed by atoms with Crippen LogP contribution in [0.15, 0.2) is 18.2 Å². The van der Waals surface area contributed by atoms with Gasteiger partial charge in [0.05, 0.1) is 6.42 Å². The largest absolute Gasteiger partial charge is 0.338 e. The summed E-state index contributed by atoms with van der Waals surface area (Å²) < 4.78 is 0. The molecule has 0 aromatic heterocycles. The van der Waals surface area contributed by atoms with E-state index in [1.807, 2.05) is 4.90 Å². The molecule has 1 fully saturated rings. The van der Waals surface area contributed by atoms with E-state index in [1.54, 1.807) is 18.2 Å². The summed E-state index contributed by atoms with van der Waals surface area (Å²) in [6.45, 7) is 1.30. The number of likely N-dealkylation sites (tertiary alicyclic amines) is 1. The Morgan fingerprint density at radius 3 is 2.67 bits per heavy atom. The third-order valence-corrected chi connectivity index (χ3v) is 4.07. The normalized spacial score (nSPS) is 19.3. The number of nitrogens with zero attached hydrogens (tertiary/aromatic N) is 1. The van der Waals surface area contributed by atoms with Crippen LogP contribution < -0.4 is 5.73 Å². The van der Waals surface area contributed by atoms with Gasteiger partial charge in [-0.25, -0.2) is 0 Å². The predicted octanol–water partition coefficient (Wildman–Crippen LogP) is 2.49. The van der Waals surface area contributed by atoms with Gasteiger partial charge < -0.3 is 10.6 Å². The summed E-state index contributed by atoms with van der Waals surface area (Å²) in [5, 5.41) is 1.08. The minimum atomic E-state index is 0.0537. The monoisotopic (exact) mass is 286 g/mol. The van der Waals surface area contributed by atoms with Crippen molar-refractivity contribution in [3.63, 3.8) is 0 Å². The van der Waals surface area contributed by atoms with Gasteiger partial charge in [-0.2, -0.15) is 0 Å². The molecule has 2 N–H and O–H groups in total. The van der Waals surface area contributed by atoms with Gasteiger partial charge in [-0.1, -0.05) is 29.3 Å². The van der Waals surface area contributed by atoms with Gasteiger partial charge in [0.15, 0.2) is 0 Å². The minimum absolute atomic E-state index is 0.0537. The lowest BCUT2D eigenvalue weighted by Gasteiger charge is -2.23. The zero-order chi connectivity index (χ0) is 13.1. The molecule has 1 aliphatic heterocycles. The molecule has 0 aliphatic carbocycles. The molecule has 18 heavy (non-hydrogen) atoms. The fourth-order valence-corrected chi connectivity index (χ4v) is 2.89. The van der Waals surface area contributed by atoms with E-state index in [2.05, 4.69) is 0 Å². The first kappa shape index (κ1) is 13.7. The van der Waals surface area contributed by atoms with Crippen molar-refractivity contribution in [3.05, 3.63) is 33.8 Å². The summed E-state index contributed by atoms with van der Waals surface area (Å²) in [4.78, 5) is 14.1. The molecular formula is C13H16Cl2N2O. The molecule has 2 rings (SSSR count). The first-order chi connectivity index (χ1) is 8.63. The number of rotatable bonds is 3. The molecule has 1 amide bonds. The van der Waals surface area contributed by atoms with Crippen molar-refractivity contribution in [3.8, 4) is 0 Å². The lowest BCUT2D eigenvalue weighted by atomic mass is 10.1. The van der Waals surface area contributed by atoms with E-state index in [4.69, 9.17) is 28.9 Å². The van der Waals surface area contributed by atoms with Crippen molar-refractivity contribution < 1.29 is 4.79 Å². The van der Waals surface area contributed by atoms with E-state index in [9.17, 15) is 4.79 Å². The first-order valence-electron chi connectivity index (χ1n) is 6.06. The number of amides is 1. The van der Waals surface area contributed by atoms with E-state index in [-0.39, 0.29) is 18.4 Å². The van der Waals surface area contributed by atoms with Gasteiger partial charge in [-0.3, -0.25) is 4.79 Å². The summed E-state index contributed by atoms with van der Waals surface area (Å²) >= 11 is 12.1. The number of carbonyl (C=O) groups is 1. The molecule has 0 bridgehead atoms. The van der Waals surface area contributed by atoms with Gasteiger partial charge in [0.25, 0.3) is 0 Å². The average Bonchev–Trinajstić information content (AvgIpc) is 2.82. The molecule has 1 aliphatic rings. The van der Waals surface area contributed by atoms with E-state index in [0.29, 0.717) is 22.2 Å². The highest BCUT2D eigenvalue weighted by molar-refractivity contribution is 6.36. The Morgan fingerprint density at radius 1 is 1.39 bits per heavy atom. The fraction of sp³-hybridized carbons (Fsp3) is 0.462. The second-order valence-electron chi connectivity index (χ2n) is 4.50. The minimum Gasteiger partial charge on any atom is -0.338 e. The van der Waals surface area contributed by atoms with E-state index in [1.165, 1.54) is 0 Å². The molecule has 1 atom stereocenters. The maximum absolute atomic E-state index is 12.2. The van der Waals surface area contributed by atoms with E-state index >= 15 is 0 Å². The summed E-state index contributed by atoms with van der Waals surface area (Å²) in [7, 11) is 0. The van der Waals surface area contributed by atoms with Gasteiger partial charge >= 0.3 is 0 Å². The molecule has 0 radical (unpaired) electrons. The molecule has 3 nitrogen and oxygen atoms in total. The van der Waals surface area contributed by atoms with Gasteiger partial charge in [-0.05, 0) is 30.5 Å². The van der Waals surface area contributed by atoms with Crippen LogP contribution in [0.2, 0.25) is 10.0 Å². The highest BCUT2D eigenvalue weighted by Crippen LogP contribution is 2.26. The Balaban J connectivity index is 2.12. The van der Waals surface area contributed by atoms with Gasteiger partial charge in [0, 0.05) is 29.2 Å². The first-order valence-corrected chi connectivity index (χ1v) is 6.81. The predicted molar refractivity (Wildman–Crippen MR) is 74.0 cm³/mol. The van der Waals surface area contributed by atoms with Crippen molar-refractivity contribution in [2.75, 3.05) is 13.1 Å². The molecule has 0 spiro atoms. The molecule has 1 saturated heterocycles. The van der Waals surface area contributed by atoms with Gasteiger partial charge in [0.1, 0.15) is 0 Å². The van der Waals surface area contributed by atoms with Crippen molar-refractivity contribution in [1.29, 1.82) is 0 Å². The third-order valence-electron chi connectivity index (χ3n) is 3.36. The lowest BCUT2D eigenvalue weighted by Crippen LogP contribution is -2.40. The zero-order valence-electron chi connectivity index (χ0n) is 10.0. The topological polar surface area (TPSA) is 46.3 Å². The average molecular weight is 287 g/mol. The van der Waals surface area contributed by atoms with Gasteiger partial charge in [0.2, 0.25) is 5.91 Å². The zero-order valence-corrected chi connectivity index (χ0v) is 11.5. The molecule has 0 saturated carbocycles. The molecule has 1 unspecified atom stereocenters. The number of hydrogen-bond acceptors (Lipinski definition) is 2. The van der Waals surface area contributed by atoms with Crippen LogP contribution >= 0.6 is 23.2 Å². The van der Waals surface area contributed by atoms with Crippen LogP contribution in [0, 0.1) is 0 Å². The van der Waals surface area contributed by atoms with Crippen LogP contribution in [0.4, 0.5) is 0 Å². The summed E-state index contributed by atoms with van der Waals surface area (Å²) in [5.74, 6) is 0.0537. The fourth-order valence-electron chi connectivity index (χ4n) is 2.36. The second-order valence-corrected chi connectivity index (χ2v) is 5.31. The van der Waals surface area contributed by atoms with E-state index in [0.717, 1.165) is 19.4 Å².